The lowest BCUT2D eigenvalue weighted by molar-refractivity contribution is -0.349. The van der Waals surface area contributed by atoms with Crippen LogP contribution in [0.5, 0.6) is 0 Å². The van der Waals surface area contributed by atoms with Gasteiger partial charge < -0.3 is 23.7 Å². The summed E-state index contributed by atoms with van der Waals surface area (Å²) in [6.45, 7) is 12.9. The highest BCUT2D eigenvalue weighted by atomic mass is 16.6. The van der Waals surface area contributed by atoms with Gasteiger partial charge in [-0.1, -0.05) is 57.5 Å². The monoisotopic (exact) mass is 582 g/mol. The van der Waals surface area contributed by atoms with E-state index in [1.165, 1.54) is 6.92 Å². The fourth-order valence-electron chi connectivity index (χ4n) is 8.06. The van der Waals surface area contributed by atoms with Crippen LogP contribution in [-0.2, 0) is 38.1 Å². The first-order valence-corrected chi connectivity index (χ1v) is 14.8. The van der Waals surface area contributed by atoms with Gasteiger partial charge in [0.2, 0.25) is 0 Å². The number of hydrogen-bond donors (Lipinski definition) is 0. The Bertz CT molecular complexity index is 1300. The molecule has 0 N–H and O–H groups in total. The van der Waals surface area contributed by atoms with Gasteiger partial charge in [0.25, 0.3) is 0 Å². The smallest absolute Gasteiger partial charge is 0.338 e. The highest BCUT2D eigenvalue weighted by Gasteiger charge is 2.76. The molecule has 0 unspecified atom stereocenters. The second kappa shape index (κ2) is 10.5. The molecule has 228 valence electrons. The molecule has 9 nitrogen and oxygen atoms in total. The Balaban J connectivity index is 1.68. The first-order valence-electron chi connectivity index (χ1n) is 14.8. The van der Waals surface area contributed by atoms with Crippen LogP contribution in [0.2, 0.25) is 0 Å². The molecule has 1 aromatic rings. The second-order valence-electron chi connectivity index (χ2n) is 13.4. The van der Waals surface area contributed by atoms with Crippen molar-refractivity contribution < 1.29 is 42.9 Å². The van der Waals surface area contributed by atoms with E-state index >= 15 is 0 Å². The summed E-state index contributed by atoms with van der Waals surface area (Å²) in [7, 11) is 0. The van der Waals surface area contributed by atoms with Crippen molar-refractivity contribution in [3.63, 3.8) is 0 Å². The Kier molecular flexibility index (Phi) is 7.57. The molecule has 1 spiro atoms. The van der Waals surface area contributed by atoms with Crippen LogP contribution >= 0.6 is 0 Å². The van der Waals surface area contributed by atoms with Crippen molar-refractivity contribution in [2.24, 2.45) is 22.7 Å². The van der Waals surface area contributed by atoms with Crippen LogP contribution in [0.4, 0.5) is 0 Å². The van der Waals surface area contributed by atoms with Crippen LogP contribution in [0.1, 0.15) is 84.5 Å². The average Bonchev–Trinajstić information content (AvgIpc) is 3.29. The van der Waals surface area contributed by atoms with E-state index in [-0.39, 0.29) is 24.9 Å². The van der Waals surface area contributed by atoms with E-state index in [2.05, 4.69) is 6.92 Å². The zero-order valence-electron chi connectivity index (χ0n) is 25.6. The number of ether oxygens (including phenoxy) is 5. The molecular formula is C33H42O9. The maximum Gasteiger partial charge on any atom is 0.338 e. The molecule has 1 aromatic carbocycles. The molecule has 8 atom stereocenters. The molecular weight excluding hydrogens is 540 g/mol. The Hall–Kier alpha value is -3.20. The van der Waals surface area contributed by atoms with Gasteiger partial charge in [-0.25, -0.2) is 4.79 Å². The predicted molar refractivity (Wildman–Crippen MR) is 151 cm³/mol. The molecule has 0 radical (unpaired) electrons. The third-order valence-corrected chi connectivity index (χ3v) is 10.5. The van der Waals surface area contributed by atoms with E-state index in [9.17, 15) is 19.2 Å². The number of rotatable bonds is 5. The number of carbonyl (C=O) groups is 4. The van der Waals surface area contributed by atoms with E-state index in [0.717, 1.165) is 5.57 Å². The number of fused-ring (bicyclic) bond motifs is 3. The van der Waals surface area contributed by atoms with Crippen molar-refractivity contribution >= 4 is 23.9 Å². The van der Waals surface area contributed by atoms with E-state index in [0.29, 0.717) is 24.8 Å². The number of carbonyl (C=O) groups excluding carboxylic acids is 4. The summed E-state index contributed by atoms with van der Waals surface area (Å²) in [6.07, 6.45) is 1.12. The van der Waals surface area contributed by atoms with Crippen molar-refractivity contribution in [1.29, 1.82) is 0 Å². The van der Waals surface area contributed by atoms with Gasteiger partial charge in [-0.2, -0.15) is 0 Å². The fraction of sp³-hybridized carbons (Fsp3) is 0.636. The maximum absolute atomic E-state index is 13.4. The summed E-state index contributed by atoms with van der Waals surface area (Å²) < 4.78 is 31.1. The zero-order chi connectivity index (χ0) is 30.7. The van der Waals surface area contributed by atoms with Crippen LogP contribution < -0.4 is 0 Å². The summed E-state index contributed by atoms with van der Waals surface area (Å²) in [4.78, 5) is 51.7. The summed E-state index contributed by atoms with van der Waals surface area (Å²) in [6, 6.07) is 8.84. The minimum atomic E-state index is -1.23. The molecule has 2 aliphatic carbocycles. The third-order valence-electron chi connectivity index (χ3n) is 10.5. The van der Waals surface area contributed by atoms with Gasteiger partial charge in [-0.05, 0) is 38.8 Å². The molecule has 4 aliphatic rings. The molecule has 42 heavy (non-hydrogen) atoms. The van der Waals surface area contributed by atoms with Crippen molar-refractivity contribution in [2.45, 2.75) is 104 Å². The second-order valence-corrected chi connectivity index (χ2v) is 13.4. The molecule has 2 saturated heterocycles. The van der Waals surface area contributed by atoms with Crippen LogP contribution in [0.15, 0.2) is 42.0 Å². The topological polar surface area (TPSA) is 114 Å². The van der Waals surface area contributed by atoms with Crippen molar-refractivity contribution in [3.8, 4) is 0 Å². The van der Waals surface area contributed by atoms with E-state index < -0.39 is 64.2 Å². The Morgan fingerprint density at radius 2 is 1.67 bits per heavy atom. The van der Waals surface area contributed by atoms with Crippen molar-refractivity contribution in [2.75, 3.05) is 6.61 Å². The van der Waals surface area contributed by atoms with Crippen LogP contribution in [-0.4, -0.2) is 60.0 Å². The van der Waals surface area contributed by atoms with Crippen molar-refractivity contribution in [1.82, 2.24) is 0 Å². The first-order chi connectivity index (χ1) is 19.7. The third kappa shape index (κ3) is 4.64. The van der Waals surface area contributed by atoms with Gasteiger partial charge in [0, 0.05) is 30.1 Å². The number of benzene rings is 1. The van der Waals surface area contributed by atoms with Gasteiger partial charge >= 0.3 is 23.9 Å². The minimum Gasteiger partial charge on any atom is -0.463 e. The average molecular weight is 583 g/mol. The minimum absolute atomic E-state index is 0.0784. The van der Waals surface area contributed by atoms with Crippen LogP contribution in [0.3, 0.4) is 0 Å². The highest BCUT2D eigenvalue weighted by Crippen LogP contribution is 2.68. The van der Waals surface area contributed by atoms with Gasteiger partial charge in [-0.15, -0.1) is 0 Å². The fourth-order valence-corrected chi connectivity index (χ4v) is 8.06. The normalized spacial score (nSPS) is 39.0. The number of cyclic esters (lactones) is 1. The highest BCUT2D eigenvalue weighted by molar-refractivity contribution is 5.89. The van der Waals surface area contributed by atoms with E-state index in [1.807, 2.05) is 32.9 Å². The zero-order valence-corrected chi connectivity index (χ0v) is 25.6. The quantitative estimate of drug-likeness (QED) is 0.270. The predicted octanol–water partition coefficient (Wildman–Crippen LogP) is 4.96. The molecule has 9 heteroatoms. The Morgan fingerprint density at radius 3 is 2.26 bits per heavy atom. The van der Waals surface area contributed by atoms with E-state index in [4.69, 9.17) is 23.7 Å². The lowest BCUT2D eigenvalue weighted by atomic mass is 9.41. The lowest BCUT2D eigenvalue weighted by Gasteiger charge is -2.70. The van der Waals surface area contributed by atoms with Gasteiger partial charge in [0.05, 0.1) is 17.9 Å². The van der Waals surface area contributed by atoms with Crippen LogP contribution in [0.25, 0.3) is 0 Å². The summed E-state index contributed by atoms with van der Waals surface area (Å²) >= 11 is 0. The van der Waals surface area contributed by atoms with Gasteiger partial charge in [-0.3, -0.25) is 14.4 Å². The van der Waals surface area contributed by atoms with Crippen LogP contribution in [0, 0.1) is 22.7 Å². The molecule has 0 amide bonds. The van der Waals surface area contributed by atoms with E-state index in [1.54, 1.807) is 38.1 Å². The largest absolute Gasteiger partial charge is 0.463 e. The maximum atomic E-state index is 13.4. The van der Waals surface area contributed by atoms with Gasteiger partial charge in [0.15, 0.2) is 12.2 Å². The molecule has 3 fully saturated rings. The van der Waals surface area contributed by atoms with Gasteiger partial charge in [0.1, 0.15) is 23.9 Å². The molecule has 1 saturated carbocycles. The summed E-state index contributed by atoms with van der Waals surface area (Å²) in [5.74, 6) is -2.60. The summed E-state index contributed by atoms with van der Waals surface area (Å²) in [5.41, 5.74) is -2.36. The number of esters is 4. The molecule has 2 heterocycles. The Labute approximate surface area is 247 Å². The molecule has 5 rings (SSSR count). The van der Waals surface area contributed by atoms with Crippen molar-refractivity contribution in [3.05, 3.63) is 47.5 Å². The summed E-state index contributed by atoms with van der Waals surface area (Å²) in [5, 5.41) is 0. The molecule has 0 bridgehead atoms. The standard InChI is InChI=1S/C33H42O9/c1-19(2)28(36)41-27-26(39-21(4)34)31(6)20(3)13-14-23(40-29(37)22-11-9-8-10-12-22)25(31)30(5)15-16-33(42-32(27,30)7)17-24(35)38-18-33/h8-13,19,23,25-27H,14-18H2,1-7H3/t23-,25-,26+,27+,30-,31+,32+,33+/m1/s1. The Morgan fingerprint density at radius 1 is 0.976 bits per heavy atom. The first kappa shape index (κ1) is 30.3. The lowest BCUT2D eigenvalue weighted by Crippen LogP contribution is -2.78. The molecule has 0 aromatic heterocycles. The number of hydrogen-bond acceptors (Lipinski definition) is 9. The SMILES string of the molecule is CC(=O)O[C@H]1[C@H](OC(=O)C(C)C)[C@]2(C)O[C@]3(CC[C@]2(C)[C@H]2[C@H](OC(=O)c4ccccc4)CC=C(C)[C@]12C)COC(=O)C3. The molecule has 2 aliphatic heterocycles.